The molecule has 0 aromatic rings. The lowest BCUT2D eigenvalue weighted by Crippen LogP contribution is -2.30. The van der Waals surface area contributed by atoms with E-state index in [-0.39, 0.29) is 0 Å². The molecule has 0 saturated carbocycles. The average molecular weight is 215 g/mol. The van der Waals surface area contributed by atoms with Gasteiger partial charge in [0.1, 0.15) is 0 Å². The maximum atomic E-state index is 5.78. The van der Waals surface area contributed by atoms with Crippen LogP contribution in [-0.2, 0) is 4.74 Å². The van der Waals surface area contributed by atoms with E-state index in [0.717, 1.165) is 25.6 Å². The van der Waals surface area contributed by atoms with Crippen molar-refractivity contribution in [3.8, 4) is 0 Å². The summed E-state index contributed by atoms with van der Waals surface area (Å²) < 4.78 is 5.78. The maximum absolute atomic E-state index is 5.78. The van der Waals surface area contributed by atoms with Crippen molar-refractivity contribution in [3.05, 3.63) is 0 Å². The van der Waals surface area contributed by atoms with Crippen molar-refractivity contribution in [1.82, 2.24) is 5.32 Å². The Balaban J connectivity index is 3.36. The Hall–Kier alpha value is -0.0800. The van der Waals surface area contributed by atoms with E-state index in [1.807, 2.05) is 0 Å². The molecule has 0 aliphatic rings. The zero-order chi connectivity index (χ0) is 11.7. The van der Waals surface area contributed by atoms with Gasteiger partial charge in [-0.25, -0.2) is 0 Å². The standard InChI is InChI=1S/C13H29NO/c1-6-7-12(4)10-15-13(5)9-14-8-11(2)3/h11-14H,6-10H2,1-5H3. The van der Waals surface area contributed by atoms with Crippen molar-refractivity contribution in [1.29, 1.82) is 0 Å². The first-order chi connectivity index (χ1) is 7.06. The predicted octanol–water partition coefficient (Wildman–Crippen LogP) is 3.07. The highest BCUT2D eigenvalue weighted by Gasteiger charge is 2.05. The van der Waals surface area contributed by atoms with Gasteiger partial charge in [0.2, 0.25) is 0 Å². The first kappa shape index (κ1) is 14.9. The van der Waals surface area contributed by atoms with Gasteiger partial charge in [-0.05, 0) is 31.7 Å². The van der Waals surface area contributed by atoms with E-state index in [9.17, 15) is 0 Å². The van der Waals surface area contributed by atoms with Gasteiger partial charge in [-0.2, -0.15) is 0 Å². The van der Waals surface area contributed by atoms with Crippen LogP contribution in [0, 0.1) is 11.8 Å². The van der Waals surface area contributed by atoms with Gasteiger partial charge in [0.15, 0.2) is 0 Å². The average Bonchev–Trinajstić information content (AvgIpc) is 2.14. The lowest BCUT2D eigenvalue weighted by Gasteiger charge is -2.17. The van der Waals surface area contributed by atoms with Gasteiger partial charge in [0, 0.05) is 13.2 Å². The molecule has 2 nitrogen and oxygen atoms in total. The fraction of sp³-hybridized carbons (Fsp3) is 1.00. The fourth-order valence-corrected chi connectivity index (χ4v) is 1.54. The molecule has 0 fully saturated rings. The van der Waals surface area contributed by atoms with E-state index in [1.165, 1.54) is 12.8 Å². The minimum absolute atomic E-state index is 0.336. The van der Waals surface area contributed by atoms with Crippen LogP contribution in [0.15, 0.2) is 0 Å². The van der Waals surface area contributed by atoms with Crippen molar-refractivity contribution in [2.24, 2.45) is 11.8 Å². The molecule has 2 atom stereocenters. The van der Waals surface area contributed by atoms with Crippen LogP contribution in [-0.4, -0.2) is 25.8 Å². The second kappa shape index (κ2) is 9.17. The van der Waals surface area contributed by atoms with Crippen molar-refractivity contribution in [2.75, 3.05) is 19.7 Å². The van der Waals surface area contributed by atoms with Gasteiger partial charge >= 0.3 is 0 Å². The molecule has 0 aliphatic heterocycles. The molecular formula is C13H29NO. The minimum atomic E-state index is 0.336. The predicted molar refractivity (Wildman–Crippen MR) is 67.2 cm³/mol. The molecule has 0 aromatic heterocycles. The molecule has 0 saturated heterocycles. The van der Waals surface area contributed by atoms with E-state index in [4.69, 9.17) is 4.74 Å². The lowest BCUT2D eigenvalue weighted by molar-refractivity contribution is 0.0419. The first-order valence-corrected chi connectivity index (χ1v) is 6.38. The third kappa shape index (κ3) is 10.2. The summed E-state index contributed by atoms with van der Waals surface area (Å²) in [6.07, 6.45) is 2.86. The number of hydrogen-bond acceptors (Lipinski definition) is 2. The molecule has 92 valence electrons. The Morgan fingerprint density at radius 1 is 1.07 bits per heavy atom. The van der Waals surface area contributed by atoms with Crippen LogP contribution in [0.2, 0.25) is 0 Å². The number of ether oxygens (including phenoxy) is 1. The second-order valence-electron chi connectivity index (χ2n) is 5.09. The van der Waals surface area contributed by atoms with Crippen LogP contribution in [0.25, 0.3) is 0 Å². The van der Waals surface area contributed by atoms with Gasteiger partial charge in [-0.1, -0.05) is 34.1 Å². The highest BCUT2D eigenvalue weighted by molar-refractivity contribution is 4.58. The molecule has 15 heavy (non-hydrogen) atoms. The van der Waals surface area contributed by atoms with Gasteiger partial charge in [-0.3, -0.25) is 0 Å². The molecule has 1 N–H and O–H groups in total. The summed E-state index contributed by atoms with van der Waals surface area (Å²) in [7, 11) is 0. The molecule has 0 spiro atoms. The molecule has 0 heterocycles. The van der Waals surface area contributed by atoms with Crippen LogP contribution in [0.5, 0.6) is 0 Å². The van der Waals surface area contributed by atoms with Gasteiger partial charge in [0.25, 0.3) is 0 Å². The lowest BCUT2D eigenvalue weighted by atomic mass is 10.1. The summed E-state index contributed by atoms with van der Waals surface area (Å²) >= 11 is 0. The number of nitrogens with one attached hydrogen (secondary N) is 1. The molecule has 0 aromatic carbocycles. The molecule has 0 aliphatic carbocycles. The summed E-state index contributed by atoms with van der Waals surface area (Å²) in [4.78, 5) is 0. The maximum Gasteiger partial charge on any atom is 0.0671 e. The monoisotopic (exact) mass is 215 g/mol. The van der Waals surface area contributed by atoms with Crippen LogP contribution < -0.4 is 5.32 Å². The van der Waals surface area contributed by atoms with E-state index in [1.54, 1.807) is 0 Å². The quantitative estimate of drug-likeness (QED) is 0.638. The van der Waals surface area contributed by atoms with Gasteiger partial charge in [0.05, 0.1) is 6.10 Å². The first-order valence-electron chi connectivity index (χ1n) is 6.38. The minimum Gasteiger partial charge on any atom is -0.377 e. The third-order valence-electron chi connectivity index (χ3n) is 2.43. The van der Waals surface area contributed by atoms with Crippen LogP contribution in [0.3, 0.4) is 0 Å². The molecule has 2 heteroatoms. The zero-order valence-electron chi connectivity index (χ0n) is 11.2. The topological polar surface area (TPSA) is 21.3 Å². The number of hydrogen-bond donors (Lipinski definition) is 1. The molecule has 0 amide bonds. The smallest absolute Gasteiger partial charge is 0.0671 e. The van der Waals surface area contributed by atoms with Gasteiger partial charge in [-0.15, -0.1) is 0 Å². The van der Waals surface area contributed by atoms with E-state index < -0.39 is 0 Å². The van der Waals surface area contributed by atoms with Crippen LogP contribution in [0.1, 0.15) is 47.5 Å². The zero-order valence-corrected chi connectivity index (χ0v) is 11.2. The van der Waals surface area contributed by atoms with Crippen molar-refractivity contribution in [2.45, 2.75) is 53.6 Å². The van der Waals surface area contributed by atoms with E-state index >= 15 is 0 Å². The Morgan fingerprint density at radius 2 is 1.73 bits per heavy atom. The van der Waals surface area contributed by atoms with E-state index in [2.05, 4.69) is 39.9 Å². The SMILES string of the molecule is CCCC(C)COC(C)CNCC(C)C. The fourth-order valence-electron chi connectivity index (χ4n) is 1.54. The Labute approximate surface area is 95.8 Å². The second-order valence-corrected chi connectivity index (χ2v) is 5.09. The van der Waals surface area contributed by atoms with E-state index in [0.29, 0.717) is 12.0 Å². The number of rotatable bonds is 9. The summed E-state index contributed by atoms with van der Waals surface area (Å²) in [5.41, 5.74) is 0. The largest absolute Gasteiger partial charge is 0.377 e. The normalized spacial score (nSPS) is 15.6. The summed E-state index contributed by atoms with van der Waals surface area (Å²) in [5.74, 6) is 1.42. The summed E-state index contributed by atoms with van der Waals surface area (Å²) in [6, 6.07) is 0. The molecular weight excluding hydrogens is 186 g/mol. The van der Waals surface area contributed by atoms with Crippen molar-refractivity contribution >= 4 is 0 Å². The van der Waals surface area contributed by atoms with Crippen LogP contribution >= 0.6 is 0 Å². The van der Waals surface area contributed by atoms with Gasteiger partial charge < -0.3 is 10.1 Å². The summed E-state index contributed by atoms with van der Waals surface area (Å²) in [5, 5.41) is 3.42. The Bertz CT molecular complexity index is 136. The van der Waals surface area contributed by atoms with Crippen molar-refractivity contribution in [3.63, 3.8) is 0 Å². The molecule has 0 rings (SSSR count). The molecule has 0 bridgehead atoms. The highest BCUT2D eigenvalue weighted by atomic mass is 16.5. The Kier molecular flexibility index (Phi) is 9.12. The highest BCUT2D eigenvalue weighted by Crippen LogP contribution is 2.06. The molecule has 2 unspecified atom stereocenters. The molecule has 0 radical (unpaired) electrons. The van der Waals surface area contributed by atoms with Crippen LogP contribution in [0.4, 0.5) is 0 Å². The Morgan fingerprint density at radius 3 is 2.27 bits per heavy atom. The third-order valence-corrected chi connectivity index (χ3v) is 2.43. The van der Waals surface area contributed by atoms with Crippen molar-refractivity contribution < 1.29 is 4.74 Å². The summed E-state index contributed by atoms with van der Waals surface area (Å²) in [6.45, 7) is 14.0.